The zero-order valence-corrected chi connectivity index (χ0v) is 50.9. The Bertz CT molecular complexity index is 2460. The van der Waals surface area contributed by atoms with Crippen LogP contribution < -0.4 is 19.8 Å². The molecule has 3 aromatic carbocycles. The van der Waals surface area contributed by atoms with Crippen molar-refractivity contribution in [3.05, 3.63) is 130 Å². The minimum absolute atomic E-state index is 0.00734. The van der Waals surface area contributed by atoms with Gasteiger partial charge < -0.3 is 41.7 Å². The van der Waals surface area contributed by atoms with Gasteiger partial charge in [0.25, 0.3) is 8.32 Å². The van der Waals surface area contributed by atoms with E-state index < -0.39 is 22.2 Å². The molecule has 3 aliphatic heterocycles. The van der Waals surface area contributed by atoms with Crippen LogP contribution in [-0.4, -0.2) is 84.7 Å². The van der Waals surface area contributed by atoms with Gasteiger partial charge in [-0.1, -0.05) is 156 Å². The molecular weight excluding hydrogens is 1070 g/mol. The number of hydrogen-bond acceptors (Lipinski definition) is 10. The number of rotatable bonds is 20. The number of nitrogens with zero attached hydrogens (tertiary/aromatic N) is 1. The van der Waals surface area contributed by atoms with Crippen LogP contribution in [0.25, 0.3) is 6.08 Å². The monoisotopic (exact) mass is 1160 g/mol. The van der Waals surface area contributed by atoms with Crippen molar-refractivity contribution in [3.8, 4) is 11.5 Å². The van der Waals surface area contributed by atoms with Crippen LogP contribution in [0.2, 0.25) is 23.2 Å². The highest BCUT2D eigenvalue weighted by Crippen LogP contribution is 2.44. The Balaban J connectivity index is 1.02. The number of halogens is 1. The molecule has 0 spiro atoms. The molecule has 7 rings (SSSR count). The maximum atomic E-state index is 7.31. The topological polar surface area (TPSA) is 99.9 Å². The Morgan fingerprint density at radius 2 is 1.53 bits per heavy atom. The quantitative estimate of drug-likeness (QED) is 0.0483. The third kappa shape index (κ3) is 14.0. The fraction of sp³-hybridized carbons (Fsp3) is 0.557. The normalized spacial score (nSPS) is 26.6. The third-order valence-electron chi connectivity index (χ3n) is 16.3. The van der Waals surface area contributed by atoms with Gasteiger partial charge in [-0.3, -0.25) is 0 Å². The summed E-state index contributed by atoms with van der Waals surface area (Å²) in [5.74, 6) is 2.05. The van der Waals surface area contributed by atoms with E-state index in [2.05, 4.69) is 175 Å². The van der Waals surface area contributed by atoms with Crippen LogP contribution in [0, 0.1) is 5.92 Å². The van der Waals surface area contributed by atoms with Crippen molar-refractivity contribution in [2.75, 3.05) is 20.8 Å². The summed E-state index contributed by atoms with van der Waals surface area (Å²) in [5.41, 5.74) is 3.73. The second-order valence-electron chi connectivity index (χ2n) is 23.8. The fourth-order valence-electron chi connectivity index (χ4n) is 10.9. The van der Waals surface area contributed by atoms with E-state index in [0.717, 1.165) is 49.8 Å². The molecular formula is C61H86INO9Si2. The third-order valence-corrected chi connectivity index (χ3v) is 26.8. The fourth-order valence-corrected chi connectivity index (χ4v) is 17.6. The van der Waals surface area contributed by atoms with E-state index in [0.29, 0.717) is 43.4 Å². The van der Waals surface area contributed by atoms with Crippen molar-refractivity contribution in [1.82, 2.24) is 4.98 Å². The number of aromatic nitrogens is 1. The van der Waals surface area contributed by atoms with E-state index in [1.165, 1.54) is 21.5 Å². The van der Waals surface area contributed by atoms with Crippen LogP contribution in [-0.2, 0) is 34.4 Å². The molecule has 0 amide bonds. The number of hydrogen-bond donors (Lipinski definition) is 0. The lowest BCUT2D eigenvalue weighted by Crippen LogP contribution is -2.66. The van der Waals surface area contributed by atoms with Gasteiger partial charge in [0.1, 0.15) is 18.1 Å². The van der Waals surface area contributed by atoms with Crippen molar-refractivity contribution < 1.29 is 41.7 Å². The summed E-state index contributed by atoms with van der Waals surface area (Å²) in [7, 11) is -1.49. The van der Waals surface area contributed by atoms with Gasteiger partial charge in [0.15, 0.2) is 19.8 Å². The lowest BCUT2D eigenvalue weighted by Gasteiger charge is -2.46. The maximum Gasteiger partial charge on any atom is 0.261 e. The lowest BCUT2D eigenvalue weighted by atomic mass is 9.80. The molecule has 74 heavy (non-hydrogen) atoms. The maximum absolute atomic E-state index is 7.31. The molecule has 1 aromatic heterocycles. The predicted molar refractivity (Wildman–Crippen MR) is 312 cm³/mol. The molecule has 4 heterocycles. The molecule has 0 radical (unpaired) electrons. The Morgan fingerprint density at radius 3 is 2.15 bits per heavy atom. The summed E-state index contributed by atoms with van der Waals surface area (Å²) >= 11 is 2.31. The molecule has 0 N–H and O–H groups in total. The summed E-state index contributed by atoms with van der Waals surface area (Å²) in [6, 6.07) is 27.7. The molecule has 3 fully saturated rings. The number of benzene rings is 3. The van der Waals surface area contributed by atoms with E-state index in [-0.39, 0.29) is 58.7 Å². The van der Waals surface area contributed by atoms with Crippen LogP contribution >= 0.6 is 22.6 Å². The molecule has 0 bridgehead atoms. The molecule has 10 nitrogen and oxygen atoms in total. The largest absolute Gasteiger partial charge is 0.493 e. The second-order valence-corrected chi connectivity index (χ2v) is 33.5. The molecule has 0 saturated carbocycles. The van der Waals surface area contributed by atoms with Gasteiger partial charge in [0, 0.05) is 31.8 Å². The second kappa shape index (κ2) is 24.9. The summed E-state index contributed by atoms with van der Waals surface area (Å²) in [4.78, 5) is 5.04. The Kier molecular flexibility index (Phi) is 19.7. The van der Waals surface area contributed by atoms with Crippen LogP contribution in [0.5, 0.6) is 11.5 Å². The first-order valence-corrected chi connectivity index (χ1v) is 32.9. The molecule has 4 aromatic rings. The standard InChI is InChI=1S/C61H86INO9Si2/c1-42-32-46(30-31-68-74(60(7,8)9,50-22-17-15-18-23-50)51-24-19-16-20-25-51)69-47(33-42)35-48-36-49(72-73(13,14)59(4,5)6)37-55(70-48)52-41-67-58(63-52)27-21-26-53-44(3)57(38-61(10,71-53)43(2)39-62)66-40-45-28-29-54(64-11)56(34-45)65-12/h15-25,27-29,34,39,41,44,46-49,53,55,57H,1,26,30-33,35-38,40H2,2-14H3/b27-21+,43-39+/t44-,46-,47+,48+,49+,53+,55+,57+,61+/m0/s1. The van der Waals surface area contributed by atoms with Crippen molar-refractivity contribution in [2.24, 2.45) is 5.92 Å². The molecule has 0 aliphatic carbocycles. The van der Waals surface area contributed by atoms with E-state index in [9.17, 15) is 0 Å². The van der Waals surface area contributed by atoms with E-state index >= 15 is 0 Å². The van der Waals surface area contributed by atoms with Crippen LogP contribution in [0.4, 0.5) is 0 Å². The average molecular weight is 1160 g/mol. The smallest absolute Gasteiger partial charge is 0.261 e. The van der Waals surface area contributed by atoms with Gasteiger partial charge >= 0.3 is 0 Å². The number of ether oxygens (including phenoxy) is 6. The van der Waals surface area contributed by atoms with E-state index in [1.807, 2.05) is 24.3 Å². The molecule has 404 valence electrons. The minimum atomic E-state index is -2.68. The highest BCUT2D eigenvalue weighted by atomic mass is 127. The molecule has 13 heteroatoms. The number of methoxy groups -OCH3 is 2. The van der Waals surface area contributed by atoms with Gasteiger partial charge in [-0.15, -0.1) is 0 Å². The first-order chi connectivity index (χ1) is 35.1. The summed E-state index contributed by atoms with van der Waals surface area (Å²) in [5, 5.41) is 2.54. The highest BCUT2D eigenvalue weighted by Gasteiger charge is 2.50. The molecule has 0 unspecified atom stereocenters. The van der Waals surface area contributed by atoms with Gasteiger partial charge in [0.05, 0.1) is 63.1 Å². The van der Waals surface area contributed by atoms with Crippen molar-refractivity contribution >= 4 is 55.7 Å². The van der Waals surface area contributed by atoms with Crippen molar-refractivity contribution in [2.45, 2.75) is 192 Å². The summed E-state index contributed by atoms with van der Waals surface area (Å²) in [6.45, 7) is 30.7. The first kappa shape index (κ1) is 58.3. The number of oxazole rings is 1. The zero-order chi connectivity index (χ0) is 53.5. The molecule has 3 saturated heterocycles. The van der Waals surface area contributed by atoms with Crippen LogP contribution in [0.3, 0.4) is 0 Å². The Morgan fingerprint density at radius 1 is 0.865 bits per heavy atom. The van der Waals surface area contributed by atoms with Crippen molar-refractivity contribution in [1.29, 1.82) is 0 Å². The van der Waals surface area contributed by atoms with Crippen molar-refractivity contribution in [3.63, 3.8) is 0 Å². The Hall–Kier alpha value is -3.39. The Labute approximate surface area is 459 Å². The molecule has 3 aliphatic rings. The van der Waals surface area contributed by atoms with Crippen LogP contribution in [0.15, 0.2) is 117 Å². The summed E-state index contributed by atoms with van der Waals surface area (Å²) in [6.07, 6.45) is 11.4. The summed E-state index contributed by atoms with van der Waals surface area (Å²) < 4.78 is 61.4. The minimum Gasteiger partial charge on any atom is -0.493 e. The SMILES string of the molecule is C=C1C[C@H](C[C@@H]2C[C@@H](O[Si](C)(C)C(C)(C)C)C[C@H](c3coc(/C=C/C[C@H]4O[C@@](C)(/C(C)=C/I)C[C@@H](OCc5ccc(OC)c(OC)c5)[C@H]4C)n3)O2)O[C@@H](CCO[Si](c2ccccc2)(c2ccccc2)C(C)(C)C)C1. The zero-order valence-electron chi connectivity index (χ0n) is 46.7. The van der Waals surface area contributed by atoms with E-state index in [1.54, 1.807) is 20.5 Å². The first-order valence-electron chi connectivity index (χ1n) is 26.9. The average Bonchev–Trinajstić information content (AvgIpc) is 3.84. The lowest BCUT2D eigenvalue weighted by molar-refractivity contribution is -0.180. The highest BCUT2D eigenvalue weighted by molar-refractivity contribution is 14.1. The van der Waals surface area contributed by atoms with Gasteiger partial charge in [0.2, 0.25) is 5.89 Å². The van der Waals surface area contributed by atoms with Gasteiger partial charge in [-0.25, -0.2) is 4.98 Å². The van der Waals surface area contributed by atoms with Gasteiger partial charge in [-0.2, -0.15) is 0 Å². The van der Waals surface area contributed by atoms with Crippen LogP contribution in [0.1, 0.15) is 137 Å². The van der Waals surface area contributed by atoms with E-state index in [4.69, 9.17) is 46.7 Å². The molecule has 9 atom stereocenters. The van der Waals surface area contributed by atoms with Gasteiger partial charge in [-0.05, 0) is 113 Å². The predicted octanol–water partition coefficient (Wildman–Crippen LogP) is 14.3.